The third-order valence-corrected chi connectivity index (χ3v) is 4.03. The number of hydrogen-bond acceptors (Lipinski definition) is 3. The fraction of sp³-hybridized carbons (Fsp3) is 0.538. The summed E-state index contributed by atoms with van der Waals surface area (Å²) < 4.78 is 0. The summed E-state index contributed by atoms with van der Waals surface area (Å²) in [5.41, 5.74) is 1.39. The summed E-state index contributed by atoms with van der Waals surface area (Å²) in [7, 11) is 2.05. The molecule has 1 saturated heterocycles. The maximum Gasteiger partial charge on any atom is 0.0473 e. The molecule has 1 heterocycles. The average Bonchev–Trinajstić information content (AvgIpc) is 2.85. The molecule has 0 saturated carbocycles. The third kappa shape index (κ3) is 2.59. The molecule has 1 aliphatic rings. The van der Waals surface area contributed by atoms with Gasteiger partial charge in [-0.1, -0.05) is 12.1 Å². The Kier molecular flexibility index (Phi) is 4.27. The molecule has 2 nitrogen and oxygen atoms in total. The lowest BCUT2D eigenvalue weighted by Gasteiger charge is -2.23. The fourth-order valence-corrected chi connectivity index (χ4v) is 2.82. The summed E-state index contributed by atoms with van der Waals surface area (Å²) >= 11 is 1.79. The smallest absolute Gasteiger partial charge is 0.0473 e. The summed E-state index contributed by atoms with van der Waals surface area (Å²) in [6.07, 6.45) is 4.69. The quantitative estimate of drug-likeness (QED) is 0.785. The lowest BCUT2D eigenvalue weighted by molar-refractivity contribution is 0.440. The largest absolute Gasteiger partial charge is 0.312 e. The van der Waals surface area contributed by atoms with E-state index in [0.29, 0.717) is 12.1 Å². The Morgan fingerprint density at radius 2 is 2.12 bits per heavy atom. The van der Waals surface area contributed by atoms with Gasteiger partial charge in [0.15, 0.2) is 0 Å². The van der Waals surface area contributed by atoms with E-state index in [-0.39, 0.29) is 0 Å². The first kappa shape index (κ1) is 12.0. The Balaban J connectivity index is 2.12. The summed E-state index contributed by atoms with van der Waals surface area (Å²) in [5.74, 6) is 0. The summed E-state index contributed by atoms with van der Waals surface area (Å²) in [5, 5.41) is 7.00. The molecule has 1 aromatic rings. The van der Waals surface area contributed by atoms with E-state index in [9.17, 15) is 0 Å². The molecule has 2 unspecified atom stereocenters. The summed E-state index contributed by atoms with van der Waals surface area (Å²) in [6, 6.07) is 9.93. The molecule has 0 aromatic heterocycles. The van der Waals surface area contributed by atoms with Gasteiger partial charge in [-0.2, -0.15) is 0 Å². The Morgan fingerprint density at radius 1 is 1.38 bits per heavy atom. The monoisotopic (exact) mass is 236 g/mol. The van der Waals surface area contributed by atoms with Crippen LogP contribution < -0.4 is 10.6 Å². The van der Waals surface area contributed by atoms with Crippen molar-refractivity contribution in [2.75, 3.05) is 19.8 Å². The number of likely N-dealkylation sites (N-methyl/N-ethyl adjacent to an activating group) is 1. The minimum atomic E-state index is 0.443. The Labute approximate surface area is 102 Å². The van der Waals surface area contributed by atoms with Crippen LogP contribution in [0.1, 0.15) is 24.4 Å². The number of rotatable bonds is 4. The van der Waals surface area contributed by atoms with E-state index in [2.05, 4.69) is 41.2 Å². The van der Waals surface area contributed by atoms with Crippen molar-refractivity contribution in [2.24, 2.45) is 0 Å². The first-order chi connectivity index (χ1) is 7.85. The first-order valence-electron chi connectivity index (χ1n) is 5.89. The highest BCUT2D eigenvalue weighted by Crippen LogP contribution is 2.24. The maximum absolute atomic E-state index is 3.57. The molecule has 16 heavy (non-hydrogen) atoms. The van der Waals surface area contributed by atoms with Crippen LogP contribution in [-0.2, 0) is 0 Å². The number of benzene rings is 1. The lowest BCUT2D eigenvalue weighted by atomic mass is 9.98. The first-order valence-corrected chi connectivity index (χ1v) is 7.12. The minimum Gasteiger partial charge on any atom is -0.312 e. The van der Waals surface area contributed by atoms with Crippen molar-refractivity contribution in [2.45, 2.75) is 29.8 Å². The van der Waals surface area contributed by atoms with E-state index in [4.69, 9.17) is 0 Å². The number of hydrogen-bond donors (Lipinski definition) is 2. The Hall–Kier alpha value is -0.510. The molecule has 2 atom stereocenters. The van der Waals surface area contributed by atoms with Crippen LogP contribution in [0.2, 0.25) is 0 Å². The molecule has 0 bridgehead atoms. The normalized spacial score (nSPS) is 22.2. The molecule has 0 spiro atoms. The molecule has 1 aliphatic heterocycles. The summed E-state index contributed by atoms with van der Waals surface area (Å²) in [6.45, 7) is 1.16. The standard InChI is InChI=1S/C13H20N2S/c1-14-13(12-4-3-9-15-12)10-5-7-11(16-2)8-6-10/h5-8,12-15H,3-4,9H2,1-2H3. The zero-order chi connectivity index (χ0) is 11.4. The SMILES string of the molecule is CNC(c1ccc(SC)cc1)C1CCCN1. The second-order valence-electron chi connectivity index (χ2n) is 4.24. The van der Waals surface area contributed by atoms with Crippen molar-refractivity contribution in [3.8, 4) is 0 Å². The molecule has 3 heteroatoms. The van der Waals surface area contributed by atoms with Gasteiger partial charge in [0.05, 0.1) is 0 Å². The van der Waals surface area contributed by atoms with E-state index in [1.165, 1.54) is 23.3 Å². The highest BCUT2D eigenvalue weighted by Gasteiger charge is 2.24. The zero-order valence-corrected chi connectivity index (χ0v) is 10.8. The number of nitrogens with one attached hydrogen (secondary N) is 2. The van der Waals surface area contributed by atoms with Crippen LogP contribution >= 0.6 is 11.8 Å². The summed E-state index contributed by atoms with van der Waals surface area (Å²) in [4.78, 5) is 1.33. The number of thioether (sulfide) groups is 1. The average molecular weight is 236 g/mol. The maximum atomic E-state index is 3.57. The van der Waals surface area contributed by atoms with Crippen molar-refractivity contribution in [3.63, 3.8) is 0 Å². The van der Waals surface area contributed by atoms with E-state index in [1.54, 1.807) is 11.8 Å². The van der Waals surface area contributed by atoms with E-state index in [0.717, 1.165) is 6.54 Å². The molecular formula is C13H20N2S. The second kappa shape index (κ2) is 5.71. The van der Waals surface area contributed by atoms with Crippen LogP contribution in [-0.4, -0.2) is 25.9 Å². The topological polar surface area (TPSA) is 24.1 Å². The molecular weight excluding hydrogens is 216 g/mol. The van der Waals surface area contributed by atoms with Crippen LogP contribution in [0.4, 0.5) is 0 Å². The van der Waals surface area contributed by atoms with Crippen molar-refractivity contribution in [1.29, 1.82) is 0 Å². The lowest BCUT2D eigenvalue weighted by Crippen LogP contribution is -2.36. The fourth-order valence-electron chi connectivity index (χ4n) is 2.41. The molecule has 2 rings (SSSR count). The van der Waals surface area contributed by atoms with Crippen LogP contribution in [0.3, 0.4) is 0 Å². The van der Waals surface area contributed by atoms with Crippen molar-refractivity contribution in [3.05, 3.63) is 29.8 Å². The van der Waals surface area contributed by atoms with Crippen molar-refractivity contribution in [1.82, 2.24) is 10.6 Å². The molecule has 88 valence electrons. The Bertz CT molecular complexity index is 317. The molecule has 1 fully saturated rings. The van der Waals surface area contributed by atoms with Crippen LogP contribution in [0, 0.1) is 0 Å². The van der Waals surface area contributed by atoms with Crippen LogP contribution in [0.15, 0.2) is 29.2 Å². The van der Waals surface area contributed by atoms with Gasteiger partial charge in [0.25, 0.3) is 0 Å². The van der Waals surface area contributed by atoms with Gasteiger partial charge in [-0.15, -0.1) is 11.8 Å². The van der Waals surface area contributed by atoms with Gasteiger partial charge in [0.1, 0.15) is 0 Å². The molecule has 0 aliphatic carbocycles. The van der Waals surface area contributed by atoms with Gasteiger partial charge in [0.2, 0.25) is 0 Å². The highest BCUT2D eigenvalue weighted by atomic mass is 32.2. The van der Waals surface area contributed by atoms with E-state index < -0.39 is 0 Å². The third-order valence-electron chi connectivity index (χ3n) is 3.29. The van der Waals surface area contributed by atoms with E-state index in [1.807, 2.05) is 7.05 Å². The van der Waals surface area contributed by atoms with Crippen LogP contribution in [0.5, 0.6) is 0 Å². The minimum absolute atomic E-state index is 0.443. The van der Waals surface area contributed by atoms with Crippen molar-refractivity contribution < 1.29 is 0 Å². The van der Waals surface area contributed by atoms with Gasteiger partial charge in [-0.05, 0) is 50.4 Å². The molecule has 1 aromatic carbocycles. The highest BCUT2D eigenvalue weighted by molar-refractivity contribution is 7.98. The molecule has 0 amide bonds. The van der Waals surface area contributed by atoms with Crippen LogP contribution in [0.25, 0.3) is 0 Å². The van der Waals surface area contributed by atoms with Gasteiger partial charge in [0, 0.05) is 17.0 Å². The zero-order valence-electron chi connectivity index (χ0n) is 9.99. The molecule has 0 radical (unpaired) electrons. The predicted octanol–water partition coefficient (Wildman–Crippen LogP) is 2.42. The predicted molar refractivity (Wildman–Crippen MR) is 71.0 cm³/mol. The van der Waals surface area contributed by atoms with Crippen molar-refractivity contribution >= 4 is 11.8 Å². The van der Waals surface area contributed by atoms with E-state index >= 15 is 0 Å². The molecule has 2 N–H and O–H groups in total. The van der Waals surface area contributed by atoms with Gasteiger partial charge in [-0.25, -0.2) is 0 Å². The van der Waals surface area contributed by atoms with Gasteiger partial charge in [-0.3, -0.25) is 0 Å². The second-order valence-corrected chi connectivity index (χ2v) is 5.12. The van der Waals surface area contributed by atoms with Gasteiger partial charge >= 0.3 is 0 Å². The van der Waals surface area contributed by atoms with Gasteiger partial charge < -0.3 is 10.6 Å². The Morgan fingerprint density at radius 3 is 2.62 bits per heavy atom.